The van der Waals surface area contributed by atoms with Crippen molar-refractivity contribution >= 4 is 5.97 Å². The van der Waals surface area contributed by atoms with Gasteiger partial charge in [0.1, 0.15) is 5.69 Å². The van der Waals surface area contributed by atoms with Crippen LogP contribution in [0.4, 0.5) is 0 Å². The summed E-state index contributed by atoms with van der Waals surface area (Å²) in [4.78, 5) is 14.4. The summed E-state index contributed by atoms with van der Waals surface area (Å²) in [5.41, 5.74) is 2.00. The molecule has 0 saturated heterocycles. The molecule has 1 aromatic heterocycles. The Labute approximate surface area is 108 Å². The average Bonchev–Trinajstić information content (AvgIpc) is 2.98. The van der Waals surface area contributed by atoms with Gasteiger partial charge in [-0.25, -0.2) is 4.79 Å². The van der Waals surface area contributed by atoms with Crippen LogP contribution in [-0.2, 0) is 11.3 Å². The van der Waals surface area contributed by atoms with Crippen LogP contribution in [0.2, 0.25) is 0 Å². The van der Waals surface area contributed by atoms with E-state index in [0.717, 1.165) is 18.8 Å². The Hall–Kier alpha value is -1.29. The molecule has 1 saturated carbocycles. The van der Waals surface area contributed by atoms with Gasteiger partial charge in [0.05, 0.1) is 7.11 Å². The van der Waals surface area contributed by atoms with Gasteiger partial charge in [-0.05, 0) is 30.4 Å². The summed E-state index contributed by atoms with van der Waals surface area (Å²) >= 11 is 0. The number of hydrogen-bond acceptors (Lipinski definition) is 3. The van der Waals surface area contributed by atoms with Crippen LogP contribution in [-0.4, -0.2) is 24.6 Å². The fraction of sp³-hybridized carbons (Fsp3) is 0.643. The molecule has 0 amide bonds. The second-order valence-electron chi connectivity index (χ2n) is 5.51. The summed E-state index contributed by atoms with van der Waals surface area (Å²) in [6, 6.07) is 3.69. The van der Waals surface area contributed by atoms with E-state index in [1.165, 1.54) is 32.8 Å². The van der Waals surface area contributed by atoms with Crippen LogP contribution >= 0.6 is 0 Å². The average molecular weight is 250 g/mol. The second-order valence-corrected chi connectivity index (χ2v) is 5.51. The third-order valence-electron chi connectivity index (χ3n) is 3.83. The first kappa shape index (κ1) is 13.1. The number of ether oxygens (including phenoxy) is 1. The molecule has 0 aliphatic heterocycles. The molecule has 1 fully saturated rings. The van der Waals surface area contributed by atoms with Crippen LogP contribution in [0.15, 0.2) is 12.1 Å². The lowest BCUT2D eigenvalue weighted by molar-refractivity contribution is 0.0594. The molecule has 0 unspecified atom stereocenters. The highest BCUT2D eigenvalue weighted by Crippen LogP contribution is 2.36. The maximum Gasteiger partial charge on any atom is 0.354 e. The Morgan fingerprint density at radius 1 is 1.44 bits per heavy atom. The zero-order valence-electron chi connectivity index (χ0n) is 11.2. The van der Waals surface area contributed by atoms with E-state index < -0.39 is 0 Å². The number of carbonyl (C=O) groups excluding carboxylic acids is 1. The molecule has 1 aliphatic carbocycles. The Bertz CT molecular complexity index is 406. The Morgan fingerprint density at radius 3 is 2.83 bits per heavy atom. The molecule has 0 atom stereocenters. The van der Waals surface area contributed by atoms with Crippen LogP contribution in [0.5, 0.6) is 0 Å². The molecule has 0 spiro atoms. The predicted octanol–water partition coefficient (Wildman–Crippen LogP) is 2.47. The molecule has 1 heterocycles. The van der Waals surface area contributed by atoms with Gasteiger partial charge in [0.2, 0.25) is 0 Å². The lowest BCUT2D eigenvalue weighted by Crippen LogP contribution is -2.29. The summed E-state index contributed by atoms with van der Waals surface area (Å²) < 4.78 is 4.66. The zero-order chi connectivity index (χ0) is 13.0. The number of rotatable bonds is 5. The van der Waals surface area contributed by atoms with Crippen molar-refractivity contribution in [1.82, 2.24) is 10.3 Å². The molecule has 0 radical (unpaired) electrons. The maximum absolute atomic E-state index is 11.3. The van der Waals surface area contributed by atoms with Gasteiger partial charge in [-0.3, -0.25) is 0 Å². The maximum atomic E-state index is 11.3. The number of aromatic amines is 1. The first-order valence-electron chi connectivity index (χ1n) is 6.60. The van der Waals surface area contributed by atoms with E-state index in [4.69, 9.17) is 0 Å². The monoisotopic (exact) mass is 250 g/mol. The standard InChI is InChI=1S/C14H22N2O2/c1-14(7-3-4-8-14)10-15-9-11-5-6-12(16-11)13(17)18-2/h5-6,15-16H,3-4,7-10H2,1-2H3. The van der Waals surface area contributed by atoms with Crippen molar-refractivity contribution in [2.75, 3.05) is 13.7 Å². The molecule has 2 N–H and O–H groups in total. The summed E-state index contributed by atoms with van der Waals surface area (Å²) in [5, 5.41) is 3.47. The summed E-state index contributed by atoms with van der Waals surface area (Å²) in [6.07, 6.45) is 5.34. The molecular formula is C14H22N2O2. The van der Waals surface area contributed by atoms with E-state index in [1.807, 2.05) is 6.07 Å². The summed E-state index contributed by atoms with van der Waals surface area (Å²) in [6.45, 7) is 4.16. The van der Waals surface area contributed by atoms with Gasteiger partial charge in [-0.15, -0.1) is 0 Å². The van der Waals surface area contributed by atoms with Gasteiger partial charge < -0.3 is 15.0 Å². The molecule has 4 nitrogen and oxygen atoms in total. The van der Waals surface area contributed by atoms with Crippen LogP contribution in [0.3, 0.4) is 0 Å². The van der Waals surface area contributed by atoms with Crippen molar-refractivity contribution in [3.8, 4) is 0 Å². The van der Waals surface area contributed by atoms with E-state index >= 15 is 0 Å². The molecular weight excluding hydrogens is 228 g/mol. The largest absolute Gasteiger partial charge is 0.464 e. The van der Waals surface area contributed by atoms with Crippen LogP contribution in [0.25, 0.3) is 0 Å². The minimum atomic E-state index is -0.316. The fourth-order valence-electron chi connectivity index (χ4n) is 2.68. The molecule has 2 rings (SSSR count). The summed E-state index contributed by atoms with van der Waals surface area (Å²) in [7, 11) is 1.39. The van der Waals surface area contributed by atoms with E-state index in [9.17, 15) is 4.79 Å². The van der Waals surface area contributed by atoms with Crippen molar-refractivity contribution in [3.05, 3.63) is 23.5 Å². The van der Waals surface area contributed by atoms with Crippen molar-refractivity contribution < 1.29 is 9.53 Å². The number of carbonyl (C=O) groups is 1. The molecule has 100 valence electrons. The minimum Gasteiger partial charge on any atom is -0.464 e. The van der Waals surface area contributed by atoms with Crippen molar-refractivity contribution in [2.24, 2.45) is 5.41 Å². The van der Waals surface area contributed by atoms with Gasteiger partial charge >= 0.3 is 5.97 Å². The van der Waals surface area contributed by atoms with E-state index in [2.05, 4.69) is 22.0 Å². The number of hydrogen-bond donors (Lipinski definition) is 2. The quantitative estimate of drug-likeness (QED) is 0.789. The van der Waals surface area contributed by atoms with Gasteiger partial charge in [-0.1, -0.05) is 19.8 Å². The van der Waals surface area contributed by atoms with Crippen molar-refractivity contribution in [3.63, 3.8) is 0 Å². The fourth-order valence-corrected chi connectivity index (χ4v) is 2.68. The first-order chi connectivity index (χ1) is 8.63. The number of methoxy groups -OCH3 is 1. The SMILES string of the molecule is COC(=O)c1ccc(CNCC2(C)CCCC2)[nH]1. The highest BCUT2D eigenvalue weighted by atomic mass is 16.5. The van der Waals surface area contributed by atoms with E-state index in [-0.39, 0.29) is 5.97 Å². The summed E-state index contributed by atoms with van der Waals surface area (Å²) in [5.74, 6) is -0.316. The van der Waals surface area contributed by atoms with Crippen LogP contribution in [0, 0.1) is 5.41 Å². The number of nitrogens with one attached hydrogen (secondary N) is 2. The molecule has 0 bridgehead atoms. The molecule has 1 aromatic rings. The van der Waals surface area contributed by atoms with E-state index in [0.29, 0.717) is 11.1 Å². The van der Waals surface area contributed by atoms with Crippen LogP contribution < -0.4 is 5.32 Å². The van der Waals surface area contributed by atoms with Crippen LogP contribution in [0.1, 0.15) is 48.8 Å². The third kappa shape index (κ3) is 3.13. The van der Waals surface area contributed by atoms with Gasteiger partial charge in [0, 0.05) is 18.8 Å². The Kier molecular flexibility index (Phi) is 4.07. The Balaban J connectivity index is 1.80. The van der Waals surface area contributed by atoms with E-state index in [1.54, 1.807) is 6.07 Å². The molecule has 1 aliphatic rings. The zero-order valence-corrected chi connectivity index (χ0v) is 11.2. The third-order valence-corrected chi connectivity index (χ3v) is 3.83. The highest BCUT2D eigenvalue weighted by Gasteiger charge is 2.27. The number of esters is 1. The Morgan fingerprint density at radius 2 is 2.17 bits per heavy atom. The number of aromatic nitrogens is 1. The first-order valence-corrected chi connectivity index (χ1v) is 6.60. The molecule has 4 heteroatoms. The second kappa shape index (κ2) is 5.57. The lowest BCUT2D eigenvalue weighted by atomic mass is 9.89. The molecule has 0 aromatic carbocycles. The topological polar surface area (TPSA) is 54.1 Å². The van der Waals surface area contributed by atoms with Crippen molar-refractivity contribution in [2.45, 2.75) is 39.2 Å². The smallest absolute Gasteiger partial charge is 0.354 e. The molecule has 18 heavy (non-hydrogen) atoms. The predicted molar refractivity (Wildman–Crippen MR) is 70.4 cm³/mol. The van der Waals surface area contributed by atoms with Gasteiger partial charge in [-0.2, -0.15) is 0 Å². The normalized spacial score (nSPS) is 17.9. The highest BCUT2D eigenvalue weighted by molar-refractivity contribution is 5.87. The van der Waals surface area contributed by atoms with Gasteiger partial charge in [0.15, 0.2) is 0 Å². The van der Waals surface area contributed by atoms with Crippen molar-refractivity contribution in [1.29, 1.82) is 0 Å². The number of H-pyrrole nitrogens is 1. The minimum absolute atomic E-state index is 0.316. The van der Waals surface area contributed by atoms with Gasteiger partial charge in [0.25, 0.3) is 0 Å². The lowest BCUT2D eigenvalue weighted by Gasteiger charge is -2.23.